The summed E-state index contributed by atoms with van der Waals surface area (Å²) in [5.41, 5.74) is 2.04. The monoisotopic (exact) mass is 415 g/mol. The van der Waals surface area contributed by atoms with E-state index in [1.165, 1.54) is 6.07 Å². The van der Waals surface area contributed by atoms with Crippen LogP contribution in [0.25, 0.3) is 0 Å². The minimum absolute atomic E-state index is 0.0767. The zero-order valence-corrected chi connectivity index (χ0v) is 16.8. The molecule has 0 saturated carbocycles. The van der Waals surface area contributed by atoms with Crippen molar-refractivity contribution in [3.8, 4) is 0 Å². The van der Waals surface area contributed by atoms with Gasteiger partial charge in [-0.25, -0.2) is 8.42 Å². The molecule has 29 heavy (non-hydrogen) atoms. The number of nitrogens with zero attached hydrogens (tertiary/aromatic N) is 1. The second kappa shape index (κ2) is 8.44. The van der Waals surface area contributed by atoms with E-state index in [1.807, 2.05) is 32.0 Å². The second-order valence-electron chi connectivity index (χ2n) is 6.72. The van der Waals surface area contributed by atoms with Crippen LogP contribution in [0.4, 0.5) is 5.69 Å². The number of benzene rings is 2. The number of amides is 1. The van der Waals surface area contributed by atoms with E-state index in [2.05, 4.69) is 15.0 Å². The van der Waals surface area contributed by atoms with E-state index >= 15 is 0 Å². The number of para-hydroxylation sites is 1. The summed E-state index contributed by atoms with van der Waals surface area (Å²) < 4.78 is 31.3. The minimum Gasteiger partial charge on any atom is -0.454 e. The van der Waals surface area contributed by atoms with Crippen molar-refractivity contribution in [2.24, 2.45) is 4.99 Å². The van der Waals surface area contributed by atoms with Crippen LogP contribution in [-0.2, 0) is 24.3 Å². The van der Waals surface area contributed by atoms with Gasteiger partial charge >= 0.3 is 5.97 Å². The Hall–Kier alpha value is -3.20. The topological polar surface area (TPSA) is 114 Å². The first-order valence-electron chi connectivity index (χ1n) is 8.99. The van der Waals surface area contributed by atoms with E-state index in [9.17, 15) is 18.0 Å². The quantitative estimate of drug-likeness (QED) is 0.701. The molecule has 0 saturated heterocycles. The van der Waals surface area contributed by atoms with Gasteiger partial charge in [-0.05, 0) is 29.7 Å². The van der Waals surface area contributed by atoms with Gasteiger partial charge in [0.25, 0.3) is 15.9 Å². The largest absolute Gasteiger partial charge is 0.454 e. The molecule has 0 aromatic heterocycles. The molecule has 1 aliphatic rings. The number of hydrogen-bond donors (Lipinski definition) is 2. The molecule has 0 spiro atoms. The van der Waals surface area contributed by atoms with Crippen LogP contribution in [0.15, 0.2) is 58.4 Å². The Balaban J connectivity index is 1.56. The van der Waals surface area contributed by atoms with Crippen molar-refractivity contribution in [1.29, 1.82) is 0 Å². The van der Waals surface area contributed by atoms with Gasteiger partial charge in [-0.3, -0.25) is 19.3 Å². The number of rotatable bonds is 6. The molecule has 1 amide bonds. The second-order valence-corrected chi connectivity index (χ2v) is 8.37. The third-order valence-electron chi connectivity index (χ3n) is 4.25. The predicted octanol–water partition coefficient (Wildman–Crippen LogP) is 2.03. The number of ether oxygens (including phenoxy) is 1. The van der Waals surface area contributed by atoms with Crippen LogP contribution in [0.5, 0.6) is 0 Å². The summed E-state index contributed by atoms with van der Waals surface area (Å²) in [4.78, 5) is 28.1. The molecule has 2 N–H and O–H groups in total. The van der Waals surface area contributed by atoms with Crippen LogP contribution < -0.4 is 10.0 Å². The molecule has 2 aromatic carbocycles. The highest BCUT2D eigenvalue weighted by Gasteiger charge is 2.30. The molecule has 3 rings (SSSR count). The lowest BCUT2D eigenvalue weighted by Crippen LogP contribution is -2.25. The van der Waals surface area contributed by atoms with Crippen molar-refractivity contribution in [2.75, 3.05) is 18.5 Å². The first kappa shape index (κ1) is 20.5. The lowest BCUT2D eigenvalue weighted by atomic mass is 10.0. The van der Waals surface area contributed by atoms with Crippen LogP contribution >= 0.6 is 0 Å². The third-order valence-corrected chi connectivity index (χ3v) is 5.65. The number of sulfonamides is 1. The van der Waals surface area contributed by atoms with Crippen molar-refractivity contribution >= 4 is 33.4 Å². The number of carbonyl (C=O) groups is 2. The Morgan fingerprint density at radius 2 is 1.79 bits per heavy atom. The molecule has 0 unspecified atom stereocenters. The summed E-state index contributed by atoms with van der Waals surface area (Å²) in [6.45, 7) is 3.15. The number of hydrogen-bond acceptors (Lipinski definition) is 6. The maximum Gasteiger partial charge on any atom is 0.328 e. The van der Waals surface area contributed by atoms with Crippen molar-refractivity contribution in [1.82, 2.24) is 4.72 Å². The smallest absolute Gasteiger partial charge is 0.328 e. The Morgan fingerprint density at radius 3 is 2.55 bits per heavy atom. The van der Waals surface area contributed by atoms with Crippen LogP contribution in [0, 0.1) is 0 Å². The Kier molecular flexibility index (Phi) is 5.97. The van der Waals surface area contributed by atoms with E-state index < -0.39 is 35.1 Å². The summed E-state index contributed by atoms with van der Waals surface area (Å²) in [6.07, 6.45) is 0. The molecule has 1 heterocycles. The summed E-state index contributed by atoms with van der Waals surface area (Å²) in [5.74, 6) is -0.907. The molecule has 1 aliphatic heterocycles. The number of amidine groups is 1. The van der Waals surface area contributed by atoms with Crippen molar-refractivity contribution in [3.05, 3.63) is 59.7 Å². The molecule has 0 bridgehead atoms. The number of esters is 1. The van der Waals surface area contributed by atoms with Crippen LogP contribution in [-0.4, -0.2) is 39.3 Å². The molecule has 152 valence electrons. The number of fused-ring (bicyclic) bond motifs is 1. The fraction of sp³-hybridized carbons (Fsp3) is 0.250. The highest BCUT2D eigenvalue weighted by molar-refractivity contribution is 7.90. The molecule has 8 nitrogen and oxygen atoms in total. The van der Waals surface area contributed by atoms with Gasteiger partial charge in [0.1, 0.15) is 12.4 Å². The average molecular weight is 415 g/mol. The fourth-order valence-corrected chi connectivity index (χ4v) is 4.14. The highest BCUT2D eigenvalue weighted by Crippen LogP contribution is 2.24. The Labute approximate surface area is 169 Å². The Bertz CT molecular complexity index is 1080. The van der Waals surface area contributed by atoms with Crippen LogP contribution in [0.1, 0.15) is 30.9 Å². The molecule has 9 heteroatoms. The first-order valence-corrected chi connectivity index (χ1v) is 10.5. The highest BCUT2D eigenvalue weighted by atomic mass is 32.2. The maximum absolute atomic E-state index is 12.1. The zero-order chi connectivity index (χ0) is 21.0. The molecule has 0 atom stereocenters. The van der Waals surface area contributed by atoms with E-state index in [-0.39, 0.29) is 16.6 Å². The maximum atomic E-state index is 12.1. The van der Waals surface area contributed by atoms with E-state index in [4.69, 9.17) is 4.74 Å². The molecule has 0 radical (unpaired) electrons. The number of nitrogens with one attached hydrogen (secondary N) is 2. The molecule has 0 aliphatic carbocycles. The van der Waals surface area contributed by atoms with Gasteiger partial charge in [-0.2, -0.15) is 0 Å². The molecule has 2 aromatic rings. The van der Waals surface area contributed by atoms with Gasteiger partial charge in [0.2, 0.25) is 0 Å². The van der Waals surface area contributed by atoms with Gasteiger partial charge in [0.05, 0.1) is 4.90 Å². The summed E-state index contributed by atoms with van der Waals surface area (Å²) in [5, 5.41) is 2.72. The molecular formula is C20H21N3O5S. The Morgan fingerprint density at radius 1 is 1.10 bits per heavy atom. The van der Waals surface area contributed by atoms with E-state index in [0.29, 0.717) is 11.3 Å². The van der Waals surface area contributed by atoms with Gasteiger partial charge in [0, 0.05) is 11.3 Å². The van der Waals surface area contributed by atoms with Crippen molar-refractivity contribution in [2.45, 2.75) is 24.7 Å². The van der Waals surface area contributed by atoms with E-state index in [1.54, 1.807) is 24.3 Å². The minimum atomic E-state index is -3.67. The van der Waals surface area contributed by atoms with Gasteiger partial charge < -0.3 is 10.1 Å². The summed E-state index contributed by atoms with van der Waals surface area (Å²) in [6, 6.07) is 13.7. The third kappa shape index (κ3) is 4.80. The lowest BCUT2D eigenvalue weighted by molar-refractivity contribution is -0.145. The average Bonchev–Trinajstić information content (AvgIpc) is 2.95. The SMILES string of the molecule is CC(C)c1ccccc1NC(=O)COC(=O)CN=C1NS(=O)(=O)c2ccccc21. The standard InChI is InChI=1S/C20H21N3O5S/c1-13(2)14-7-3-5-9-16(14)22-18(24)12-28-19(25)11-21-20-15-8-4-6-10-17(15)29(26,27)23-20/h3-10,13H,11-12H2,1-2H3,(H,21,23)(H,22,24). The normalized spacial score (nSPS) is 15.6. The number of carbonyl (C=O) groups excluding carboxylic acids is 2. The van der Waals surface area contributed by atoms with Crippen LogP contribution in [0.2, 0.25) is 0 Å². The number of anilines is 1. The molecule has 0 fully saturated rings. The fourth-order valence-electron chi connectivity index (χ4n) is 2.89. The number of aliphatic imine (C=N–C) groups is 1. The summed E-state index contributed by atoms with van der Waals surface area (Å²) >= 11 is 0. The van der Waals surface area contributed by atoms with E-state index in [0.717, 1.165) is 5.56 Å². The van der Waals surface area contributed by atoms with Gasteiger partial charge in [-0.1, -0.05) is 44.2 Å². The van der Waals surface area contributed by atoms with Crippen molar-refractivity contribution in [3.63, 3.8) is 0 Å². The first-order chi connectivity index (χ1) is 13.8. The lowest BCUT2D eigenvalue weighted by Gasteiger charge is -2.13. The predicted molar refractivity (Wildman–Crippen MR) is 108 cm³/mol. The molecular weight excluding hydrogens is 394 g/mol. The van der Waals surface area contributed by atoms with Gasteiger partial charge in [-0.15, -0.1) is 0 Å². The van der Waals surface area contributed by atoms with Gasteiger partial charge in [0.15, 0.2) is 6.61 Å². The summed E-state index contributed by atoms with van der Waals surface area (Å²) in [7, 11) is -3.67. The van der Waals surface area contributed by atoms with Crippen molar-refractivity contribution < 1.29 is 22.7 Å². The van der Waals surface area contributed by atoms with Crippen LogP contribution in [0.3, 0.4) is 0 Å². The zero-order valence-electron chi connectivity index (χ0n) is 16.0.